The van der Waals surface area contributed by atoms with Crippen LogP contribution < -0.4 is 4.90 Å². The van der Waals surface area contributed by atoms with Crippen LogP contribution in [0.25, 0.3) is 11.0 Å². The molecule has 196 valence electrons. The maximum absolute atomic E-state index is 12.9. The van der Waals surface area contributed by atoms with Crippen LogP contribution in [0, 0.1) is 17.2 Å². The molecule has 2 atom stereocenters. The molecule has 10 heteroatoms. The number of hydrogen-bond donors (Lipinski definition) is 0. The van der Waals surface area contributed by atoms with E-state index in [1.54, 1.807) is 18.0 Å². The highest BCUT2D eigenvalue weighted by molar-refractivity contribution is 6.76. The number of carbonyl (C=O) groups is 2. The summed E-state index contributed by atoms with van der Waals surface area (Å²) in [6, 6.07) is 4.98. The van der Waals surface area contributed by atoms with Gasteiger partial charge in [0.2, 0.25) is 5.91 Å². The van der Waals surface area contributed by atoms with Crippen LogP contribution in [0.4, 0.5) is 5.69 Å². The van der Waals surface area contributed by atoms with E-state index in [1.807, 2.05) is 29.9 Å². The van der Waals surface area contributed by atoms with Gasteiger partial charge in [0.1, 0.15) is 24.4 Å². The topological polar surface area (TPSA) is 101 Å². The number of nitriles is 1. The summed E-state index contributed by atoms with van der Waals surface area (Å²) in [5.74, 6) is -0.296. The molecule has 1 aliphatic heterocycles. The van der Waals surface area contributed by atoms with Gasteiger partial charge in [0, 0.05) is 58.6 Å². The number of ether oxygens (including phenoxy) is 2. The van der Waals surface area contributed by atoms with Gasteiger partial charge in [-0.3, -0.25) is 4.79 Å². The molecule has 3 heterocycles. The standard InChI is InChI=1S/C26H39N5O4Si/c1-7-35-26(33)21-16-28-25-20(10-13-31(25)18-34-14-15-36(4,5)6)24(21)29(3)22-17-30(12-9-19(22)2)23(32)8-11-27/h10,13,16,19,22H,7-9,12,14-15,17-18H2,1-6H3/t19-,22+/m1/s1. The van der Waals surface area contributed by atoms with Crippen LogP contribution in [-0.2, 0) is 21.0 Å². The molecule has 2 aromatic heterocycles. The second-order valence-corrected chi connectivity index (χ2v) is 16.4. The van der Waals surface area contributed by atoms with Gasteiger partial charge in [-0.2, -0.15) is 5.26 Å². The van der Waals surface area contributed by atoms with Gasteiger partial charge in [-0.1, -0.05) is 26.6 Å². The largest absolute Gasteiger partial charge is 0.462 e. The lowest BCUT2D eigenvalue weighted by molar-refractivity contribution is -0.131. The molecule has 0 radical (unpaired) electrons. The number of pyridine rings is 1. The quantitative estimate of drug-likeness (QED) is 0.268. The predicted octanol–water partition coefficient (Wildman–Crippen LogP) is 4.11. The molecule has 1 saturated heterocycles. The molecular weight excluding hydrogens is 474 g/mol. The first kappa shape index (κ1) is 27.7. The zero-order valence-corrected chi connectivity index (χ0v) is 23.4. The van der Waals surface area contributed by atoms with Crippen molar-refractivity contribution >= 4 is 36.7 Å². The van der Waals surface area contributed by atoms with E-state index >= 15 is 0 Å². The van der Waals surface area contributed by atoms with Crippen molar-refractivity contribution in [1.29, 1.82) is 5.26 Å². The third-order valence-corrected chi connectivity index (χ3v) is 8.54. The van der Waals surface area contributed by atoms with Crippen LogP contribution in [0.1, 0.15) is 37.0 Å². The first-order valence-electron chi connectivity index (χ1n) is 12.7. The molecule has 9 nitrogen and oxygen atoms in total. The number of esters is 1. The molecule has 36 heavy (non-hydrogen) atoms. The Balaban J connectivity index is 1.95. The number of fused-ring (bicyclic) bond motifs is 1. The molecule has 0 saturated carbocycles. The fraction of sp³-hybridized carbons (Fsp3) is 0.615. The molecule has 3 rings (SSSR count). The number of aromatic nitrogens is 2. The zero-order chi connectivity index (χ0) is 26.5. The molecule has 1 amide bonds. The molecule has 2 aromatic rings. The lowest BCUT2D eigenvalue weighted by Crippen LogP contribution is -2.52. The van der Waals surface area contributed by atoms with Gasteiger partial charge in [-0.05, 0) is 31.4 Å². The summed E-state index contributed by atoms with van der Waals surface area (Å²) >= 11 is 0. The van der Waals surface area contributed by atoms with Crippen LogP contribution in [0.15, 0.2) is 18.5 Å². The first-order valence-corrected chi connectivity index (χ1v) is 16.4. The number of piperidine rings is 1. The Labute approximate surface area is 215 Å². The maximum Gasteiger partial charge on any atom is 0.341 e. The summed E-state index contributed by atoms with van der Waals surface area (Å²) in [5.41, 5.74) is 1.88. The average Bonchev–Trinajstić information content (AvgIpc) is 3.23. The highest BCUT2D eigenvalue weighted by Crippen LogP contribution is 2.35. The highest BCUT2D eigenvalue weighted by Gasteiger charge is 2.34. The van der Waals surface area contributed by atoms with Gasteiger partial charge in [0.15, 0.2) is 0 Å². The molecule has 0 spiro atoms. The number of carbonyl (C=O) groups excluding carboxylic acids is 2. The third-order valence-electron chi connectivity index (χ3n) is 6.83. The van der Waals surface area contributed by atoms with E-state index in [9.17, 15) is 9.59 Å². The van der Waals surface area contributed by atoms with Crippen molar-refractivity contribution in [3.63, 3.8) is 0 Å². The molecule has 1 aliphatic rings. The minimum absolute atomic E-state index is 0.0310. The molecule has 0 N–H and O–H groups in total. The molecule has 0 unspecified atom stereocenters. The van der Waals surface area contributed by atoms with Crippen LogP contribution in [0.2, 0.25) is 25.7 Å². The van der Waals surface area contributed by atoms with Crippen LogP contribution in [0.3, 0.4) is 0 Å². The van der Waals surface area contributed by atoms with Crippen LogP contribution in [0.5, 0.6) is 0 Å². The summed E-state index contributed by atoms with van der Waals surface area (Å²) in [6.45, 7) is 13.4. The van der Waals surface area contributed by atoms with Crippen LogP contribution >= 0.6 is 0 Å². The smallest absolute Gasteiger partial charge is 0.341 e. The fourth-order valence-corrected chi connectivity index (χ4v) is 5.39. The van der Waals surface area contributed by atoms with Crippen molar-refractivity contribution in [2.45, 2.75) is 65.1 Å². The van der Waals surface area contributed by atoms with Crippen molar-refractivity contribution in [3.8, 4) is 6.07 Å². The number of likely N-dealkylation sites (tertiary alicyclic amines) is 1. The predicted molar refractivity (Wildman–Crippen MR) is 143 cm³/mol. The Bertz CT molecular complexity index is 1120. The van der Waals surface area contributed by atoms with Gasteiger partial charge >= 0.3 is 5.97 Å². The summed E-state index contributed by atoms with van der Waals surface area (Å²) in [5, 5.41) is 9.82. The second-order valence-electron chi connectivity index (χ2n) is 10.7. The van der Waals surface area contributed by atoms with Gasteiger partial charge in [0.25, 0.3) is 0 Å². The Morgan fingerprint density at radius 3 is 2.75 bits per heavy atom. The number of nitrogens with zero attached hydrogens (tertiary/aromatic N) is 5. The molecular formula is C26H39N5O4Si. The lowest BCUT2D eigenvalue weighted by atomic mass is 9.91. The third kappa shape index (κ3) is 6.45. The van der Waals surface area contributed by atoms with E-state index in [2.05, 4.69) is 36.4 Å². The lowest BCUT2D eigenvalue weighted by Gasteiger charge is -2.43. The Morgan fingerprint density at radius 1 is 1.33 bits per heavy atom. The van der Waals surface area contributed by atoms with E-state index in [4.69, 9.17) is 14.7 Å². The fourth-order valence-electron chi connectivity index (χ4n) is 4.63. The zero-order valence-electron chi connectivity index (χ0n) is 22.4. The van der Waals surface area contributed by atoms with Crippen molar-refractivity contribution in [2.75, 3.05) is 38.3 Å². The van der Waals surface area contributed by atoms with Gasteiger partial charge in [0.05, 0.1) is 18.4 Å². The highest BCUT2D eigenvalue weighted by atomic mass is 28.3. The van der Waals surface area contributed by atoms with E-state index in [0.717, 1.165) is 29.2 Å². The number of amides is 1. The minimum atomic E-state index is -1.18. The Morgan fingerprint density at radius 2 is 2.08 bits per heavy atom. The van der Waals surface area contributed by atoms with E-state index in [1.165, 1.54) is 0 Å². The van der Waals surface area contributed by atoms with Gasteiger partial charge < -0.3 is 23.8 Å². The van der Waals surface area contributed by atoms with Crippen LogP contribution in [-0.4, -0.2) is 73.8 Å². The summed E-state index contributed by atoms with van der Waals surface area (Å²) in [7, 11) is 0.773. The van der Waals surface area contributed by atoms with Crippen molar-refractivity contribution in [2.24, 2.45) is 5.92 Å². The average molecular weight is 514 g/mol. The van der Waals surface area contributed by atoms with E-state index in [0.29, 0.717) is 32.0 Å². The summed E-state index contributed by atoms with van der Waals surface area (Å²) in [4.78, 5) is 33.8. The second kappa shape index (κ2) is 11.9. The maximum atomic E-state index is 12.9. The summed E-state index contributed by atoms with van der Waals surface area (Å²) < 4.78 is 13.3. The van der Waals surface area contributed by atoms with Gasteiger partial charge in [-0.25, -0.2) is 9.78 Å². The van der Waals surface area contributed by atoms with Crippen molar-refractivity contribution in [3.05, 3.63) is 24.0 Å². The van der Waals surface area contributed by atoms with E-state index in [-0.39, 0.29) is 30.9 Å². The number of hydrogen-bond acceptors (Lipinski definition) is 7. The Kier molecular flexibility index (Phi) is 9.14. The van der Waals surface area contributed by atoms with Crippen molar-refractivity contribution in [1.82, 2.24) is 14.5 Å². The van der Waals surface area contributed by atoms with E-state index < -0.39 is 14.0 Å². The molecule has 1 fully saturated rings. The number of likely N-dealkylation sites (N-methyl/N-ethyl adjacent to an activating group) is 1. The summed E-state index contributed by atoms with van der Waals surface area (Å²) in [6.07, 6.45) is 4.21. The number of rotatable bonds is 10. The molecule has 0 aromatic carbocycles. The first-order chi connectivity index (χ1) is 17.1. The SMILES string of the molecule is CCOC(=O)c1cnc2c(ccn2COCC[Si](C)(C)C)c1N(C)[C@H]1CN(C(=O)CC#N)CC[C@H]1C. The van der Waals surface area contributed by atoms with Crippen molar-refractivity contribution < 1.29 is 19.1 Å². The van der Waals surface area contributed by atoms with Gasteiger partial charge in [-0.15, -0.1) is 0 Å². The monoisotopic (exact) mass is 513 g/mol. The normalized spacial score (nSPS) is 18.2. The Hall–Kier alpha value is -2.90. The molecule has 0 bridgehead atoms. The minimum Gasteiger partial charge on any atom is -0.462 e. The number of anilines is 1. The molecule has 0 aliphatic carbocycles.